The lowest BCUT2D eigenvalue weighted by atomic mass is 10.1. The van der Waals surface area contributed by atoms with Crippen LogP contribution in [0.4, 0.5) is 11.4 Å². The number of nitrogen functional groups attached to an aromatic ring is 1. The smallest absolute Gasteiger partial charge is 0.249 e. The van der Waals surface area contributed by atoms with Gasteiger partial charge in [-0.2, -0.15) is 0 Å². The highest BCUT2D eigenvalue weighted by atomic mass is 16.5. The summed E-state index contributed by atoms with van der Waals surface area (Å²) in [7, 11) is 5.51. The van der Waals surface area contributed by atoms with E-state index in [-0.39, 0.29) is 18.6 Å². The fraction of sp³-hybridized carbons (Fsp3) is 0.562. The van der Waals surface area contributed by atoms with Crippen LogP contribution in [0.1, 0.15) is 25.8 Å². The molecule has 0 aliphatic rings. The Morgan fingerprint density at radius 3 is 2.57 bits per heavy atom. The van der Waals surface area contributed by atoms with Crippen molar-refractivity contribution < 1.29 is 9.53 Å². The standard InChI is InChI=1S/C16H27N3O2/c1-6-12(2)19(16(20)11-21-5)10-13-9-14(17)7-8-15(13)18(3)4/h7-9,12H,6,10-11,17H2,1-5H3. The minimum atomic E-state index is -0.000944. The van der Waals surface area contributed by atoms with Crippen molar-refractivity contribution >= 4 is 17.3 Å². The molecule has 2 N–H and O–H groups in total. The van der Waals surface area contributed by atoms with Gasteiger partial charge in [0, 0.05) is 45.2 Å². The zero-order chi connectivity index (χ0) is 16.0. The first-order chi connectivity index (χ1) is 9.90. The van der Waals surface area contributed by atoms with Gasteiger partial charge in [-0.25, -0.2) is 0 Å². The van der Waals surface area contributed by atoms with Crippen LogP contribution in [0.15, 0.2) is 18.2 Å². The number of benzene rings is 1. The molecule has 1 atom stereocenters. The molecule has 0 saturated carbocycles. The lowest BCUT2D eigenvalue weighted by Crippen LogP contribution is -2.40. The van der Waals surface area contributed by atoms with Gasteiger partial charge in [0.1, 0.15) is 6.61 Å². The molecule has 1 aromatic carbocycles. The van der Waals surface area contributed by atoms with E-state index in [1.807, 2.05) is 42.1 Å². The second-order valence-corrected chi connectivity index (χ2v) is 5.49. The molecule has 0 saturated heterocycles. The number of ether oxygens (including phenoxy) is 1. The third-order valence-electron chi connectivity index (χ3n) is 3.64. The molecule has 1 aromatic rings. The number of hydrogen-bond donors (Lipinski definition) is 1. The first-order valence-electron chi connectivity index (χ1n) is 7.24. The molecule has 0 bridgehead atoms. The Balaban J connectivity index is 3.08. The number of nitrogens with zero attached hydrogens (tertiary/aromatic N) is 2. The first-order valence-corrected chi connectivity index (χ1v) is 7.24. The molecule has 1 rings (SSSR count). The van der Waals surface area contributed by atoms with E-state index in [0.717, 1.165) is 17.7 Å². The van der Waals surface area contributed by atoms with E-state index in [1.165, 1.54) is 0 Å². The third-order valence-corrected chi connectivity index (χ3v) is 3.64. The highest BCUT2D eigenvalue weighted by Gasteiger charge is 2.20. The summed E-state index contributed by atoms with van der Waals surface area (Å²) in [6.45, 7) is 4.76. The van der Waals surface area contributed by atoms with Crippen LogP contribution in [0.25, 0.3) is 0 Å². The van der Waals surface area contributed by atoms with Crippen LogP contribution >= 0.6 is 0 Å². The van der Waals surface area contributed by atoms with Crippen LogP contribution in [0.5, 0.6) is 0 Å². The van der Waals surface area contributed by atoms with Gasteiger partial charge in [-0.3, -0.25) is 4.79 Å². The maximum Gasteiger partial charge on any atom is 0.249 e. The van der Waals surface area contributed by atoms with Gasteiger partial charge in [0.25, 0.3) is 0 Å². The molecular weight excluding hydrogens is 266 g/mol. The molecule has 118 valence electrons. The van der Waals surface area contributed by atoms with Gasteiger partial charge < -0.3 is 20.3 Å². The van der Waals surface area contributed by atoms with Gasteiger partial charge in [0.2, 0.25) is 5.91 Å². The Bertz CT molecular complexity index is 475. The number of methoxy groups -OCH3 is 1. The van der Waals surface area contributed by atoms with Gasteiger partial charge in [-0.05, 0) is 37.1 Å². The molecule has 5 nitrogen and oxygen atoms in total. The van der Waals surface area contributed by atoms with Crippen LogP contribution < -0.4 is 10.6 Å². The van der Waals surface area contributed by atoms with E-state index in [2.05, 4.69) is 13.8 Å². The van der Waals surface area contributed by atoms with Crippen molar-refractivity contribution in [3.05, 3.63) is 23.8 Å². The molecule has 1 unspecified atom stereocenters. The van der Waals surface area contributed by atoms with Crippen molar-refractivity contribution in [2.75, 3.05) is 38.4 Å². The Hall–Kier alpha value is -1.75. The van der Waals surface area contributed by atoms with Crippen LogP contribution in [-0.2, 0) is 16.1 Å². The van der Waals surface area contributed by atoms with Gasteiger partial charge >= 0.3 is 0 Å². The largest absolute Gasteiger partial charge is 0.399 e. The predicted octanol–water partition coefficient (Wildman–Crippen LogP) is 2.11. The summed E-state index contributed by atoms with van der Waals surface area (Å²) in [5.74, 6) is -0.000944. The SMILES string of the molecule is CCC(C)N(Cc1cc(N)ccc1N(C)C)C(=O)COC. The Labute approximate surface area is 127 Å². The van der Waals surface area contributed by atoms with Gasteiger partial charge in [-0.1, -0.05) is 6.92 Å². The van der Waals surface area contributed by atoms with E-state index in [4.69, 9.17) is 10.5 Å². The zero-order valence-electron chi connectivity index (χ0n) is 13.7. The highest BCUT2D eigenvalue weighted by Crippen LogP contribution is 2.24. The molecule has 1 amide bonds. The number of carbonyl (C=O) groups excluding carboxylic acids is 1. The average molecular weight is 293 g/mol. The summed E-state index contributed by atoms with van der Waals surface area (Å²) >= 11 is 0. The van der Waals surface area contributed by atoms with Gasteiger partial charge in [0.15, 0.2) is 0 Å². The van der Waals surface area contributed by atoms with Gasteiger partial charge in [0.05, 0.1) is 0 Å². The van der Waals surface area contributed by atoms with E-state index in [1.54, 1.807) is 7.11 Å². The minimum absolute atomic E-state index is 0.000944. The van der Waals surface area contributed by atoms with Crippen molar-refractivity contribution in [1.82, 2.24) is 4.90 Å². The summed E-state index contributed by atoms with van der Waals surface area (Å²) in [6.07, 6.45) is 0.898. The minimum Gasteiger partial charge on any atom is -0.399 e. The molecule has 0 aromatic heterocycles. The van der Waals surface area contributed by atoms with Crippen LogP contribution in [0.3, 0.4) is 0 Å². The van der Waals surface area contributed by atoms with Crippen molar-refractivity contribution in [1.29, 1.82) is 0 Å². The van der Waals surface area contributed by atoms with E-state index < -0.39 is 0 Å². The van der Waals surface area contributed by atoms with E-state index in [0.29, 0.717) is 12.2 Å². The van der Waals surface area contributed by atoms with Crippen molar-refractivity contribution in [3.8, 4) is 0 Å². The maximum absolute atomic E-state index is 12.3. The molecular formula is C16H27N3O2. The second kappa shape index (κ2) is 7.88. The zero-order valence-corrected chi connectivity index (χ0v) is 13.7. The van der Waals surface area contributed by atoms with E-state index >= 15 is 0 Å². The topological polar surface area (TPSA) is 58.8 Å². The van der Waals surface area contributed by atoms with Crippen molar-refractivity contribution in [2.24, 2.45) is 0 Å². The molecule has 0 heterocycles. The number of rotatable bonds is 7. The summed E-state index contributed by atoms with van der Waals surface area (Å²) in [5, 5.41) is 0. The first kappa shape index (κ1) is 17.3. The normalized spacial score (nSPS) is 12.0. The molecule has 5 heteroatoms. The molecule has 0 aliphatic heterocycles. The molecule has 0 radical (unpaired) electrons. The lowest BCUT2D eigenvalue weighted by Gasteiger charge is -2.30. The fourth-order valence-electron chi connectivity index (χ4n) is 2.27. The van der Waals surface area contributed by atoms with Crippen LogP contribution in [-0.4, -0.2) is 44.7 Å². The molecule has 0 aliphatic carbocycles. The van der Waals surface area contributed by atoms with Crippen LogP contribution in [0.2, 0.25) is 0 Å². The molecule has 0 spiro atoms. The van der Waals surface area contributed by atoms with Crippen LogP contribution in [0, 0.1) is 0 Å². The summed E-state index contributed by atoms with van der Waals surface area (Å²) < 4.78 is 4.99. The molecule has 0 fully saturated rings. The quantitative estimate of drug-likeness (QED) is 0.782. The summed E-state index contributed by atoms with van der Waals surface area (Å²) in [6, 6.07) is 5.96. The number of nitrogens with two attached hydrogens (primary N) is 1. The average Bonchev–Trinajstić information content (AvgIpc) is 2.43. The van der Waals surface area contributed by atoms with Crippen molar-refractivity contribution in [2.45, 2.75) is 32.9 Å². The molecule has 21 heavy (non-hydrogen) atoms. The fourth-order valence-corrected chi connectivity index (χ4v) is 2.27. The highest BCUT2D eigenvalue weighted by molar-refractivity contribution is 5.78. The number of carbonyl (C=O) groups is 1. The third kappa shape index (κ3) is 4.63. The number of hydrogen-bond acceptors (Lipinski definition) is 4. The number of anilines is 2. The Morgan fingerprint density at radius 1 is 1.38 bits per heavy atom. The predicted molar refractivity (Wildman–Crippen MR) is 87.4 cm³/mol. The lowest BCUT2D eigenvalue weighted by molar-refractivity contribution is -0.138. The monoisotopic (exact) mass is 293 g/mol. The van der Waals surface area contributed by atoms with Crippen molar-refractivity contribution in [3.63, 3.8) is 0 Å². The maximum atomic E-state index is 12.3. The number of amides is 1. The Kier molecular flexibility index (Phi) is 6.49. The summed E-state index contributed by atoms with van der Waals surface area (Å²) in [5.41, 5.74) is 8.73. The van der Waals surface area contributed by atoms with Gasteiger partial charge in [-0.15, -0.1) is 0 Å². The Morgan fingerprint density at radius 2 is 2.05 bits per heavy atom. The second-order valence-electron chi connectivity index (χ2n) is 5.49. The van der Waals surface area contributed by atoms with E-state index in [9.17, 15) is 4.79 Å². The summed E-state index contributed by atoms with van der Waals surface area (Å²) in [4.78, 5) is 16.2.